The average molecular weight is 499 g/mol. The molecule has 0 aliphatic carbocycles. The first-order valence-corrected chi connectivity index (χ1v) is 11.0. The van der Waals surface area contributed by atoms with Crippen LogP contribution in [0.1, 0.15) is 28.7 Å². The van der Waals surface area contributed by atoms with Crippen LogP contribution < -0.4 is 0 Å². The van der Waals surface area contributed by atoms with E-state index in [4.69, 9.17) is 28.3 Å². The number of hydrogen-bond donors (Lipinski definition) is 2. The fourth-order valence-electron chi connectivity index (χ4n) is 3.82. The number of nitrogens with one attached hydrogen (secondary N) is 1. The van der Waals surface area contributed by atoms with Crippen molar-refractivity contribution >= 4 is 57.3 Å². The fraction of sp³-hybridized carbons (Fsp3) is 0.0769. The molecule has 172 valence electrons. The van der Waals surface area contributed by atoms with Gasteiger partial charge in [-0.25, -0.2) is 9.18 Å². The lowest BCUT2D eigenvalue weighted by atomic mass is 9.87. The Labute approximate surface area is 204 Å². The number of H-pyrrole nitrogens is 1. The van der Waals surface area contributed by atoms with Crippen LogP contribution in [0.3, 0.4) is 0 Å². The van der Waals surface area contributed by atoms with Gasteiger partial charge in [-0.2, -0.15) is 5.10 Å². The molecule has 0 spiro atoms. The molecule has 0 radical (unpaired) electrons. The largest absolute Gasteiger partial charge is 0.478 e. The zero-order valence-corrected chi connectivity index (χ0v) is 19.2. The van der Waals surface area contributed by atoms with E-state index in [0.29, 0.717) is 48.8 Å². The van der Waals surface area contributed by atoms with Gasteiger partial charge in [0.2, 0.25) is 0 Å². The second-order valence-corrected chi connectivity index (χ2v) is 8.31. The summed E-state index contributed by atoms with van der Waals surface area (Å²) in [7, 11) is 0. The molecule has 0 bridgehead atoms. The molecule has 4 nitrogen and oxygen atoms in total. The Bertz CT molecular complexity index is 1430. The molecule has 4 rings (SSSR count). The maximum absolute atomic E-state index is 15.7. The van der Waals surface area contributed by atoms with Gasteiger partial charge in [0.1, 0.15) is 5.82 Å². The molecule has 3 aromatic carbocycles. The molecule has 2 N–H and O–H groups in total. The summed E-state index contributed by atoms with van der Waals surface area (Å²) in [6, 6.07) is 15.1. The van der Waals surface area contributed by atoms with Crippen molar-refractivity contribution in [2.24, 2.45) is 0 Å². The summed E-state index contributed by atoms with van der Waals surface area (Å²) in [5, 5.41) is 16.6. The topological polar surface area (TPSA) is 66.0 Å². The molecule has 0 atom stereocenters. The number of aliphatic carboxylic acids is 1. The minimum atomic E-state index is -1.07. The van der Waals surface area contributed by atoms with Crippen LogP contribution in [0.15, 0.2) is 66.9 Å². The molecule has 4 aromatic rings. The third kappa shape index (κ3) is 4.88. The molecule has 0 unspecified atom stereocenters. The molecule has 0 amide bonds. The number of aromatic amines is 1. The number of hydrogen-bond acceptors (Lipinski definition) is 2. The Balaban J connectivity index is 2.00. The van der Waals surface area contributed by atoms with E-state index in [1.807, 2.05) is 0 Å². The van der Waals surface area contributed by atoms with Crippen molar-refractivity contribution in [2.45, 2.75) is 6.42 Å². The highest BCUT2D eigenvalue weighted by Crippen LogP contribution is 2.40. The highest BCUT2D eigenvalue weighted by atomic mass is 35.5. The number of carboxylic acid groups (broad SMARTS) is 1. The van der Waals surface area contributed by atoms with Crippen molar-refractivity contribution < 1.29 is 18.7 Å². The highest BCUT2D eigenvalue weighted by Gasteiger charge is 2.21. The smallest absolute Gasteiger partial charge is 0.328 e. The third-order valence-electron chi connectivity index (χ3n) is 5.35. The fourth-order valence-corrected chi connectivity index (χ4v) is 4.34. The van der Waals surface area contributed by atoms with E-state index < -0.39 is 18.5 Å². The van der Waals surface area contributed by atoms with E-state index in [9.17, 15) is 9.18 Å². The number of carbonyl (C=O) groups is 1. The minimum Gasteiger partial charge on any atom is -0.478 e. The first-order chi connectivity index (χ1) is 16.4. The molecule has 34 heavy (non-hydrogen) atoms. The lowest BCUT2D eigenvalue weighted by Gasteiger charge is -2.18. The van der Waals surface area contributed by atoms with Crippen molar-refractivity contribution in [2.75, 3.05) is 6.67 Å². The van der Waals surface area contributed by atoms with Crippen molar-refractivity contribution in [1.82, 2.24) is 10.2 Å². The van der Waals surface area contributed by atoms with Gasteiger partial charge in [-0.05, 0) is 58.2 Å². The molecular weight excluding hydrogens is 481 g/mol. The molecule has 0 saturated heterocycles. The second-order valence-electron chi connectivity index (χ2n) is 7.47. The molecule has 0 aliphatic rings. The van der Waals surface area contributed by atoms with Crippen LogP contribution >= 0.6 is 23.2 Å². The van der Waals surface area contributed by atoms with Gasteiger partial charge in [-0.1, -0.05) is 53.5 Å². The quantitative estimate of drug-likeness (QED) is 0.205. The standard InChI is InChI=1S/C26H18Cl2F2N2O2/c27-17-6-7-18(22(28)13-17)19(11-12-29)25(16-4-1-15(2-5-16)3-10-24(33)34)20-8-9-23-21(26(20)30)14-31-32-23/h1-10,13-14H,11-12H2,(H,31,32)(H,33,34). The summed E-state index contributed by atoms with van der Waals surface area (Å²) in [5.74, 6) is -1.57. The zero-order chi connectivity index (χ0) is 24.2. The molecular formula is C26H18Cl2F2N2O2. The zero-order valence-electron chi connectivity index (χ0n) is 17.7. The van der Waals surface area contributed by atoms with E-state index in [1.54, 1.807) is 54.6 Å². The van der Waals surface area contributed by atoms with Crippen molar-refractivity contribution in [3.63, 3.8) is 0 Å². The van der Waals surface area contributed by atoms with Gasteiger partial charge >= 0.3 is 5.97 Å². The lowest BCUT2D eigenvalue weighted by molar-refractivity contribution is -0.131. The van der Waals surface area contributed by atoms with Gasteiger partial charge in [0, 0.05) is 28.1 Å². The van der Waals surface area contributed by atoms with Crippen LogP contribution in [0.4, 0.5) is 8.78 Å². The molecule has 1 aromatic heterocycles. The van der Waals surface area contributed by atoms with E-state index in [2.05, 4.69) is 10.2 Å². The number of aromatic nitrogens is 2. The number of carboxylic acids is 1. The second kappa shape index (κ2) is 10.2. The summed E-state index contributed by atoms with van der Waals surface area (Å²) >= 11 is 12.5. The van der Waals surface area contributed by atoms with E-state index >= 15 is 4.39 Å². The Morgan fingerprint density at radius 3 is 2.47 bits per heavy atom. The van der Waals surface area contributed by atoms with Crippen LogP contribution in [0, 0.1) is 5.82 Å². The van der Waals surface area contributed by atoms with Gasteiger partial charge in [-0.15, -0.1) is 0 Å². The summed E-state index contributed by atoms with van der Waals surface area (Å²) in [5.41, 5.74) is 3.58. The Hall–Kier alpha value is -3.48. The maximum atomic E-state index is 15.7. The monoisotopic (exact) mass is 498 g/mol. The van der Waals surface area contributed by atoms with Gasteiger partial charge in [0.15, 0.2) is 0 Å². The molecule has 8 heteroatoms. The first kappa shape index (κ1) is 23.7. The van der Waals surface area contributed by atoms with Crippen molar-refractivity contribution in [3.8, 4) is 0 Å². The van der Waals surface area contributed by atoms with Crippen molar-refractivity contribution in [3.05, 3.63) is 105 Å². The van der Waals surface area contributed by atoms with Gasteiger partial charge in [0.05, 0.1) is 23.8 Å². The van der Waals surface area contributed by atoms with Crippen LogP contribution in [-0.4, -0.2) is 27.9 Å². The molecule has 0 saturated carbocycles. The van der Waals surface area contributed by atoms with E-state index in [0.717, 1.165) is 6.08 Å². The number of benzene rings is 3. The van der Waals surface area contributed by atoms with Crippen LogP contribution in [0.5, 0.6) is 0 Å². The third-order valence-corrected chi connectivity index (χ3v) is 5.90. The maximum Gasteiger partial charge on any atom is 0.328 e. The number of fused-ring (bicyclic) bond motifs is 1. The summed E-state index contributed by atoms with van der Waals surface area (Å²) in [6.07, 6.45) is 3.86. The lowest BCUT2D eigenvalue weighted by Crippen LogP contribution is -2.00. The predicted octanol–water partition coefficient (Wildman–Crippen LogP) is 7.43. The number of allylic oxidation sites excluding steroid dienone is 1. The number of halogens is 4. The van der Waals surface area contributed by atoms with E-state index in [-0.39, 0.29) is 12.0 Å². The normalized spacial score (nSPS) is 12.4. The molecule has 0 fully saturated rings. The summed E-state index contributed by atoms with van der Waals surface area (Å²) < 4.78 is 29.5. The molecule has 0 aliphatic heterocycles. The Morgan fingerprint density at radius 2 is 1.79 bits per heavy atom. The van der Waals surface area contributed by atoms with Gasteiger partial charge in [-0.3, -0.25) is 9.49 Å². The Morgan fingerprint density at radius 1 is 1.06 bits per heavy atom. The van der Waals surface area contributed by atoms with Crippen molar-refractivity contribution in [1.29, 1.82) is 0 Å². The Kier molecular flexibility index (Phi) is 7.10. The first-order valence-electron chi connectivity index (χ1n) is 10.3. The van der Waals surface area contributed by atoms with Gasteiger partial charge < -0.3 is 5.11 Å². The average Bonchev–Trinajstić information content (AvgIpc) is 3.29. The van der Waals surface area contributed by atoms with Crippen LogP contribution in [0.25, 0.3) is 28.1 Å². The highest BCUT2D eigenvalue weighted by molar-refractivity contribution is 6.36. The van der Waals surface area contributed by atoms with E-state index in [1.165, 1.54) is 12.3 Å². The SMILES string of the molecule is O=C(O)C=Cc1ccc(C(=C(CCF)c2ccc(Cl)cc2Cl)c2ccc3[nH]ncc3c2F)cc1. The summed E-state index contributed by atoms with van der Waals surface area (Å²) in [4.78, 5) is 10.8. The van der Waals surface area contributed by atoms with Crippen LogP contribution in [-0.2, 0) is 4.79 Å². The minimum absolute atomic E-state index is 0.0137. The number of alkyl halides is 1. The number of nitrogens with zero attached hydrogens (tertiary/aromatic N) is 1. The predicted molar refractivity (Wildman–Crippen MR) is 132 cm³/mol. The summed E-state index contributed by atoms with van der Waals surface area (Å²) in [6.45, 7) is -0.688. The van der Waals surface area contributed by atoms with Crippen LogP contribution in [0.2, 0.25) is 10.0 Å². The van der Waals surface area contributed by atoms with Gasteiger partial charge in [0.25, 0.3) is 0 Å². The number of rotatable bonds is 7. The molecule has 1 heterocycles.